The van der Waals surface area contributed by atoms with Gasteiger partial charge < -0.3 is 10.1 Å². The molecule has 0 saturated carbocycles. The number of carbonyl (C=O) groups is 3. The third-order valence-corrected chi connectivity index (χ3v) is 5.69. The van der Waals surface area contributed by atoms with Gasteiger partial charge in [-0.2, -0.15) is 0 Å². The first-order chi connectivity index (χ1) is 14.6. The van der Waals surface area contributed by atoms with Crippen LogP contribution in [-0.2, 0) is 22.4 Å². The maximum atomic E-state index is 12.6. The van der Waals surface area contributed by atoms with Crippen molar-refractivity contribution < 1.29 is 19.1 Å². The molecule has 5 nitrogen and oxygen atoms in total. The molecule has 0 aromatic heterocycles. The third-order valence-electron chi connectivity index (χ3n) is 5.69. The molecule has 0 radical (unpaired) electrons. The van der Waals surface area contributed by atoms with Gasteiger partial charge in [0.05, 0.1) is 5.56 Å². The summed E-state index contributed by atoms with van der Waals surface area (Å²) in [6.07, 6.45) is 1.84. The minimum Gasteiger partial charge on any atom is -0.454 e. The second-order valence-electron chi connectivity index (χ2n) is 7.63. The number of Topliss-reactive ketones (excluding diaryl/α,β-unsaturated/α-hetero) is 1. The summed E-state index contributed by atoms with van der Waals surface area (Å²) >= 11 is 0. The topological polar surface area (TPSA) is 72.5 Å². The Labute approximate surface area is 173 Å². The van der Waals surface area contributed by atoms with E-state index in [0.29, 0.717) is 24.0 Å². The summed E-state index contributed by atoms with van der Waals surface area (Å²) in [7, 11) is 0. The summed E-state index contributed by atoms with van der Waals surface area (Å²) in [5, 5.41) is 2.78. The van der Waals surface area contributed by atoms with Gasteiger partial charge in [-0.1, -0.05) is 36.4 Å². The van der Waals surface area contributed by atoms with Gasteiger partial charge in [0.15, 0.2) is 12.4 Å². The fraction of sp³-hybridized carbons (Fsp3) is 0.160. The molecular formula is C25H19NO4. The highest BCUT2D eigenvalue weighted by molar-refractivity contribution is 6.01. The first-order valence-corrected chi connectivity index (χ1v) is 9.93. The zero-order chi connectivity index (χ0) is 20.7. The van der Waals surface area contributed by atoms with Gasteiger partial charge in [-0.3, -0.25) is 9.59 Å². The van der Waals surface area contributed by atoms with Crippen LogP contribution in [0.4, 0.5) is 5.69 Å². The number of hydrogen-bond acceptors (Lipinski definition) is 4. The van der Waals surface area contributed by atoms with Crippen molar-refractivity contribution in [3.05, 3.63) is 88.5 Å². The molecule has 1 aliphatic heterocycles. The number of fused-ring (bicyclic) bond motifs is 4. The molecule has 148 valence electrons. The number of rotatable bonds is 4. The summed E-state index contributed by atoms with van der Waals surface area (Å²) in [5.41, 5.74) is 7.20. The lowest BCUT2D eigenvalue weighted by Gasteiger charge is -2.17. The minimum absolute atomic E-state index is 0.0274. The summed E-state index contributed by atoms with van der Waals surface area (Å²) < 4.78 is 5.27. The Morgan fingerprint density at radius 1 is 0.833 bits per heavy atom. The molecule has 0 atom stereocenters. The zero-order valence-corrected chi connectivity index (χ0v) is 16.2. The van der Waals surface area contributed by atoms with Crippen LogP contribution in [0.5, 0.6) is 0 Å². The Morgan fingerprint density at radius 3 is 2.53 bits per heavy atom. The van der Waals surface area contributed by atoms with E-state index in [-0.39, 0.29) is 18.3 Å². The van der Waals surface area contributed by atoms with E-state index in [9.17, 15) is 14.4 Å². The Morgan fingerprint density at radius 2 is 1.63 bits per heavy atom. The van der Waals surface area contributed by atoms with Crippen LogP contribution in [-0.4, -0.2) is 24.3 Å². The minimum atomic E-state index is -0.547. The standard InChI is InChI=1S/C25H19NO4/c27-23(18-6-5-16-11-15-3-1-2-4-20(15)21(16)13-18)14-30-25(29)19-7-9-22-17(12-19)8-10-24(28)26-22/h1-7,9,12-13H,8,10-11,14H2,(H,26,28). The zero-order valence-electron chi connectivity index (χ0n) is 16.2. The van der Waals surface area contributed by atoms with E-state index in [1.165, 1.54) is 11.1 Å². The van der Waals surface area contributed by atoms with Gasteiger partial charge >= 0.3 is 5.97 Å². The van der Waals surface area contributed by atoms with Gasteiger partial charge in [0.2, 0.25) is 5.91 Å². The molecular weight excluding hydrogens is 378 g/mol. The van der Waals surface area contributed by atoms with E-state index < -0.39 is 5.97 Å². The summed E-state index contributed by atoms with van der Waals surface area (Å²) in [6.45, 7) is -0.312. The van der Waals surface area contributed by atoms with Crippen molar-refractivity contribution in [1.29, 1.82) is 0 Å². The van der Waals surface area contributed by atoms with Gasteiger partial charge in [-0.15, -0.1) is 0 Å². The van der Waals surface area contributed by atoms with E-state index in [1.807, 2.05) is 24.3 Å². The van der Waals surface area contributed by atoms with E-state index in [4.69, 9.17) is 4.74 Å². The fourth-order valence-corrected chi connectivity index (χ4v) is 4.11. The maximum absolute atomic E-state index is 12.6. The molecule has 0 unspecified atom stereocenters. The molecule has 0 fully saturated rings. The average molecular weight is 397 g/mol. The van der Waals surface area contributed by atoms with Crippen LogP contribution in [0.1, 0.15) is 43.8 Å². The fourth-order valence-electron chi connectivity index (χ4n) is 4.11. The van der Waals surface area contributed by atoms with E-state index in [1.54, 1.807) is 24.3 Å². The molecule has 2 aliphatic rings. The largest absolute Gasteiger partial charge is 0.454 e. The van der Waals surface area contributed by atoms with E-state index in [2.05, 4.69) is 17.4 Å². The lowest BCUT2D eigenvalue weighted by atomic mass is 10.0. The van der Waals surface area contributed by atoms with Crippen molar-refractivity contribution in [2.45, 2.75) is 19.3 Å². The smallest absolute Gasteiger partial charge is 0.338 e. The molecule has 3 aromatic carbocycles. The van der Waals surface area contributed by atoms with Gasteiger partial charge in [0.25, 0.3) is 0 Å². The highest BCUT2D eigenvalue weighted by Crippen LogP contribution is 2.36. The molecule has 0 spiro atoms. The van der Waals surface area contributed by atoms with E-state index >= 15 is 0 Å². The van der Waals surface area contributed by atoms with Gasteiger partial charge in [0.1, 0.15) is 0 Å². The van der Waals surface area contributed by atoms with Crippen LogP contribution in [0, 0.1) is 0 Å². The highest BCUT2D eigenvalue weighted by atomic mass is 16.5. The van der Waals surface area contributed by atoms with Crippen LogP contribution in [0.15, 0.2) is 60.7 Å². The molecule has 1 aliphatic carbocycles. The first kappa shape index (κ1) is 18.3. The number of benzene rings is 3. The maximum Gasteiger partial charge on any atom is 0.338 e. The molecule has 0 saturated heterocycles. The van der Waals surface area contributed by atoms with Gasteiger partial charge in [0, 0.05) is 17.7 Å². The van der Waals surface area contributed by atoms with Gasteiger partial charge in [-0.25, -0.2) is 4.79 Å². The number of carbonyl (C=O) groups excluding carboxylic acids is 3. The Bertz CT molecular complexity index is 1210. The number of aryl methyl sites for hydroxylation is 1. The third kappa shape index (κ3) is 3.28. The molecule has 30 heavy (non-hydrogen) atoms. The molecule has 1 amide bonds. The Hall–Kier alpha value is -3.73. The lowest BCUT2D eigenvalue weighted by molar-refractivity contribution is -0.116. The van der Waals surface area contributed by atoms with Crippen LogP contribution >= 0.6 is 0 Å². The number of amides is 1. The summed E-state index contributed by atoms with van der Waals surface area (Å²) in [5.74, 6) is -0.810. The molecule has 1 heterocycles. The molecule has 3 aromatic rings. The van der Waals surface area contributed by atoms with Crippen molar-refractivity contribution in [3.8, 4) is 11.1 Å². The Kier molecular flexibility index (Phi) is 4.43. The number of esters is 1. The molecule has 5 heteroatoms. The quantitative estimate of drug-likeness (QED) is 0.414. The van der Waals surface area contributed by atoms with Crippen molar-refractivity contribution >= 4 is 23.3 Å². The number of ketones is 1. The second-order valence-corrected chi connectivity index (χ2v) is 7.63. The highest BCUT2D eigenvalue weighted by Gasteiger charge is 2.21. The van der Waals surface area contributed by atoms with Crippen molar-refractivity contribution in [2.75, 3.05) is 11.9 Å². The predicted octanol–water partition coefficient (Wildman–Crippen LogP) is 4.18. The second kappa shape index (κ2) is 7.26. The molecule has 0 bridgehead atoms. The number of anilines is 1. The average Bonchev–Trinajstić information content (AvgIpc) is 3.14. The monoisotopic (exact) mass is 397 g/mol. The van der Waals surface area contributed by atoms with Crippen LogP contribution in [0.2, 0.25) is 0 Å². The van der Waals surface area contributed by atoms with Crippen LogP contribution < -0.4 is 5.32 Å². The van der Waals surface area contributed by atoms with Crippen molar-refractivity contribution in [2.24, 2.45) is 0 Å². The number of ether oxygens (including phenoxy) is 1. The summed E-state index contributed by atoms with van der Waals surface area (Å²) in [4.78, 5) is 36.5. The predicted molar refractivity (Wildman–Crippen MR) is 113 cm³/mol. The molecule has 1 N–H and O–H groups in total. The van der Waals surface area contributed by atoms with Crippen molar-refractivity contribution in [3.63, 3.8) is 0 Å². The van der Waals surface area contributed by atoms with Crippen LogP contribution in [0.25, 0.3) is 11.1 Å². The lowest BCUT2D eigenvalue weighted by Crippen LogP contribution is -2.20. The van der Waals surface area contributed by atoms with Crippen LogP contribution in [0.3, 0.4) is 0 Å². The van der Waals surface area contributed by atoms with E-state index in [0.717, 1.165) is 28.8 Å². The Balaban J connectivity index is 1.28. The molecule has 5 rings (SSSR count). The normalized spacial score (nSPS) is 13.7. The van der Waals surface area contributed by atoms with Crippen molar-refractivity contribution in [1.82, 2.24) is 0 Å². The summed E-state index contributed by atoms with van der Waals surface area (Å²) in [6, 6.07) is 18.8. The SMILES string of the molecule is O=C1CCc2cc(C(=O)OCC(=O)c3ccc4c(c3)-c3ccccc3C4)ccc2N1. The number of hydrogen-bond donors (Lipinski definition) is 1. The first-order valence-electron chi connectivity index (χ1n) is 9.93. The number of nitrogens with one attached hydrogen (secondary N) is 1. The van der Waals surface area contributed by atoms with Gasteiger partial charge in [-0.05, 0) is 64.9 Å².